The molecule has 2 aliphatic rings. The summed E-state index contributed by atoms with van der Waals surface area (Å²) >= 11 is 0. The molecular weight excluding hydrogens is 522 g/mol. The van der Waals surface area contributed by atoms with Crippen molar-refractivity contribution in [2.24, 2.45) is 0 Å². The maximum Gasteiger partial charge on any atom is 0.411 e. The fourth-order valence-electron chi connectivity index (χ4n) is 5.45. The zero-order chi connectivity index (χ0) is 29.3. The molecule has 9 heteroatoms. The summed E-state index contributed by atoms with van der Waals surface area (Å²) in [5.74, 6) is -1.18. The SMILES string of the molecule is Cc1c(NC(=O)OCC2c3ccccc3-c3ccccc32)cc(N2CCN(C(=O)OC(C)(C)C)CC2)cc1C(=O)O. The molecule has 0 spiro atoms. The number of nitrogens with one attached hydrogen (secondary N) is 1. The quantitative estimate of drug-likeness (QED) is 0.390. The van der Waals surface area contributed by atoms with Gasteiger partial charge in [0.1, 0.15) is 12.2 Å². The number of hydrogen-bond acceptors (Lipinski definition) is 6. The Balaban J connectivity index is 1.28. The molecule has 0 atom stereocenters. The number of carbonyl (C=O) groups excluding carboxylic acids is 2. The number of carbonyl (C=O) groups is 3. The number of rotatable bonds is 5. The molecule has 0 bridgehead atoms. The highest BCUT2D eigenvalue weighted by Gasteiger charge is 2.30. The molecule has 1 saturated heterocycles. The van der Waals surface area contributed by atoms with Gasteiger partial charge < -0.3 is 24.4 Å². The van der Waals surface area contributed by atoms with E-state index in [2.05, 4.69) is 29.6 Å². The first kappa shape index (κ1) is 28.0. The van der Waals surface area contributed by atoms with Crippen LogP contribution in [0.2, 0.25) is 0 Å². The summed E-state index contributed by atoms with van der Waals surface area (Å²) in [6, 6.07) is 19.6. The lowest BCUT2D eigenvalue weighted by Gasteiger charge is -2.37. The highest BCUT2D eigenvalue weighted by Crippen LogP contribution is 2.44. The molecule has 1 fully saturated rings. The van der Waals surface area contributed by atoms with E-state index < -0.39 is 17.7 Å². The van der Waals surface area contributed by atoms with Gasteiger partial charge in [0.2, 0.25) is 0 Å². The van der Waals surface area contributed by atoms with E-state index in [1.807, 2.05) is 49.9 Å². The fraction of sp³-hybridized carbons (Fsp3) is 0.344. The third-order valence-corrected chi connectivity index (χ3v) is 7.50. The standard InChI is InChI=1S/C32H35N3O6/c1-20-26(29(36)37)17-21(34-13-15-35(16-14-34)31(39)41-32(2,3)4)18-28(20)33-30(38)40-19-27-24-11-7-5-9-22(24)23-10-6-8-12-25(23)27/h5-12,17-18,27H,13-16,19H2,1-4H3,(H,33,38)(H,36,37). The Morgan fingerprint density at radius 2 is 1.51 bits per heavy atom. The summed E-state index contributed by atoms with van der Waals surface area (Å²) in [4.78, 5) is 41.2. The summed E-state index contributed by atoms with van der Waals surface area (Å²) in [5, 5.41) is 12.6. The van der Waals surface area contributed by atoms with Crippen molar-refractivity contribution >= 4 is 29.5 Å². The van der Waals surface area contributed by atoms with Gasteiger partial charge in [-0.25, -0.2) is 14.4 Å². The number of hydrogen-bond donors (Lipinski definition) is 2. The number of benzene rings is 3. The molecule has 0 unspecified atom stereocenters. The second kappa shape index (κ2) is 11.2. The Labute approximate surface area is 239 Å². The second-order valence-electron chi connectivity index (χ2n) is 11.4. The normalized spacial score (nSPS) is 14.7. The van der Waals surface area contributed by atoms with E-state index in [0.29, 0.717) is 43.1 Å². The fourth-order valence-corrected chi connectivity index (χ4v) is 5.45. The van der Waals surface area contributed by atoms with Crippen LogP contribution in [0.5, 0.6) is 0 Å². The molecule has 1 aliphatic heterocycles. The minimum Gasteiger partial charge on any atom is -0.478 e. The van der Waals surface area contributed by atoms with E-state index in [1.165, 1.54) is 0 Å². The van der Waals surface area contributed by atoms with Crippen LogP contribution in [0.15, 0.2) is 60.7 Å². The van der Waals surface area contributed by atoms with Gasteiger partial charge in [0.25, 0.3) is 0 Å². The van der Waals surface area contributed by atoms with Crippen molar-refractivity contribution in [3.63, 3.8) is 0 Å². The van der Waals surface area contributed by atoms with Crippen LogP contribution in [-0.2, 0) is 9.47 Å². The number of amides is 2. The summed E-state index contributed by atoms with van der Waals surface area (Å²) in [6.07, 6.45) is -1.02. The lowest BCUT2D eigenvalue weighted by Crippen LogP contribution is -2.50. The van der Waals surface area contributed by atoms with Crippen LogP contribution in [0.25, 0.3) is 11.1 Å². The first-order valence-corrected chi connectivity index (χ1v) is 13.7. The van der Waals surface area contributed by atoms with E-state index in [1.54, 1.807) is 24.0 Å². The topological polar surface area (TPSA) is 108 Å². The molecule has 41 heavy (non-hydrogen) atoms. The van der Waals surface area contributed by atoms with Gasteiger partial charge in [-0.15, -0.1) is 0 Å². The van der Waals surface area contributed by atoms with E-state index in [4.69, 9.17) is 9.47 Å². The van der Waals surface area contributed by atoms with Crippen LogP contribution in [0.4, 0.5) is 21.0 Å². The van der Waals surface area contributed by atoms with E-state index in [-0.39, 0.29) is 24.2 Å². The summed E-state index contributed by atoms with van der Waals surface area (Å²) in [7, 11) is 0. The Bertz CT molecular complexity index is 1440. The number of ether oxygens (including phenoxy) is 2. The lowest BCUT2D eigenvalue weighted by atomic mass is 9.98. The van der Waals surface area contributed by atoms with Crippen molar-refractivity contribution in [3.8, 4) is 11.1 Å². The Kier molecular flexibility index (Phi) is 7.62. The smallest absolute Gasteiger partial charge is 0.411 e. The van der Waals surface area contributed by atoms with Crippen LogP contribution in [0.1, 0.15) is 53.7 Å². The van der Waals surface area contributed by atoms with Gasteiger partial charge in [-0.2, -0.15) is 0 Å². The van der Waals surface area contributed by atoms with Crippen molar-refractivity contribution in [1.82, 2.24) is 4.90 Å². The zero-order valence-corrected chi connectivity index (χ0v) is 23.8. The Hall–Kier alpha value is -4.53. The molecule has 0 aromatic heterocycles. The van der Waals surface area contributed by atoms with Crippen molar-refractivity contribution in [2.75, 3.05) is 43.0 Å². The Morgan fingerprint density at radius 1 is 0.927 bits per heavy atom. The third kappa shape index (κ3) is 5.99. The summed E-state index contributed by atoms with van der Waals surface area (Å²) in [5.41, 5.74) is 5.45. The lowest BCUT2D eigenvalue weighted by molar-refractivity contribution is 0.0240. The number of piperazine rings is 1. The average Bonchev–Trinajstić information content (AvgIpc) is 3.25. The Morgan fingerprint density at radius 3 is 2.07 bits per heavy atom. The van der Waals surface area contributed by atoms with Crippen molar-refractivity contribution in [2.45, 2.75) is 39.2 Å². The number of carboxylic acid groups (broad SMARTS) is 1. The van der Waals surface area contributed by atoms with Crippen molar-refractivity contribution in [1.29, 1.82) is 0 Å². The predicted molar refractivity (Wildman–Crippen MR) is 157 cm³/mol. The van der Waals surface area contributed by atoms with Crippen molar-refractivity contribution < 1.29 is 29.0 Å². The van der Waals surface area contributed by atoms with Gasteiger partial charge in [-0.1, -0.05) is 48.5 Å². The van der Waals surface area contributed by atoms with E-state index in [0.717, 1.165) is 22.3 Å². The average molecular weight is 558 g/mol. The molecule has 3 aromatic carbocycles. The number of fused-ring (bicyclic) bond motifs is 3. The number of anilines is 2. The highest BCUT2D eigenvalue weighted by molar-refractivity contribution is 5.96. The molecule has 214 valence electrons. The molecule has 3 aromatic rings. The summed E-state index contributed by atoms with van der Waals surface area (Å²) in [6.45, 7) is 9.13. The highest BCUT2D eigenvalue weighted by atomic mass is 16.6. The maximum atomic E-state index is 13.0. The predicted octanol–water partition coefficient (Wildman–Crippen LogP) is 6.11. The molecule has 0 saturated carbocycles. The van der Waals surface area contributed by atoms with Gasteiger partial charge in [-0.3, -0.25) is 5.32 Å². The molecule has 5 rings (SSSR count). The minimum absolute atomic E-state index is 0.0866. The molecule has 2 amide bonds. The minimum atomic E-state index is -1.09. The monoisotopic (exact) mass is 557 g/mol. The van der Waals surface area contributed by atoms with Gasteiger partial charge in [-0.05, 0) is 67.6 Å². The molecule has 9 nitrogen and oxygen atoms in total. The first-order chi connectivity index (χ1) is 19.5. The van der Waals surface area contributed by atoms with Crippen molar-refractivity contribution in [3.05, 3.63) is 82.9 Å². The summed E-state index contributed by atoms with van der Waals surface area (Å²) < 4.78 is 11.2. The van der Waals surface area contributed by atoms with Crippen LogP contribution in [-0.4, -0.2) is 66.5 Å². The van der Waals surface area contributed by atoms with Gasteiger partial charge >= 0.3 is 18.2 Å². The number of nitrogens with zero attached hydrogens (tertiary/aromatic N) is 2. The molecule has 2 N–H and O–H groups in total. The van der Waals surface area contributed by atoms with E-state index in [9.17, 15) is 19.5 Å². The second-order valence-corrected chi connectivity index (χ2v) is 11.4. The molecule has 1 heterocycles. The van der Waals surface area contributed by atoms with Crippen LogP contribution in [0.3, 0.4) is 0 Å². The van der Waals surface area contributed by atoms with Gasteiger partial charge in [0.15, 0.2) is 0 Å². The van der Waals surface area contributed by atoms with Crippen LogP contribution < -0.4 is 10.2 Å². The maximum absolute atomic E-state index is 13.0. The van der Waals surface area contributed by atoms with Crippen LogP contribution in [0, 0.1) is 6.92 Å². The molecular formula is C32H35N3O6. The number of aromatic carboxylic acids is 1. The van der Waals surface area contributed by atoms with Gasteiger partial charge in [0.05, 0.1) is 5.56 Å². The van der Waals surface area contributed by atoms with Crippen LogP contribution >= 0.6 is 0 Å². The first-order valence-electron chi connectivity index (χ1n) is 13.7. The van der Waals surface area contributed by atoms with Gasteiger partial charge in [0, 0.05) is 43.5 Å². The molecule has 1 aliphatic carbocycles. The largest absolute Gasteiger partial charge is 0.478 e. The molecule has 0 radical (unpaired) electrons. The zero-order valence-electron chi connectivity index (χ0n) is 23.8. The third-order valence-electron chi connectivity index (χ3n) is 7.50. The number of carboxylic acids is 1. The van der Waals surface area contributed by atoms with E-state index >= 15 is 0 Å².